The number of nitrogens with one attached hydrogen (secondary N) is 1. The molecule has 0 radical (unpaired) electrons. The van der Waals surface area contributed by atoms with E-state index in [1.807, 2.05) is 0 Å². The third-order valence-electron chi connectivity index (χ3n) is 2.88. The van der Waals surface area contributed by atoms with Crippen LogP contribution in [0.15, 0.2) is 18.2 Å². The zero-order valence-corrected chi connectivity index (χ0v) is 12.9. The Morgan fingerprint density at radius 3 is 2.29 bits per heavy atom. The molecule has 1 aromatic rings. The maximum Gasteiger partial charge on any atom is 0.422 e. The second-order valence-electron chi connectivity index (χ2n) is 5.06. The van der Waals surface area contributed by atoms with Gasteiger partial charge < -0.3 is 25.0 Å². The second-order valence-corrected chi connectivity index (χ2v) is 5.06. The van der Waals surface area contributed by atoms with Gasteiger partial charge in [0.1, 0.15) is 17.2 Å². The van der Waals surface area contributed by atoms with Gasteiger partial charge in [-0.2, -0.15) is 13.2 Å². The predicted octanol–water partition coefficient (Wildman–Crippen LogP) is 3.54. The number of carbonyl (C=O) groups is 1. The first-order valence-electron chi connectivity index (χ1n) is 7.39. The van der Waals surface area contributed by atoms with Gasteiger partial charge in [-0.1, -0.05) is 12.8 Å². The Kier molecular flexibility index (Phi) is 8.00. The van der Waals surface area contributed by atoms with E-state index in [0.29, 0.717) is 26.0 Å². The molecule has 1 aromatic carbocycles. The average Bonchev–Trinajstić information content (AvgIpc) is 2.46. The van der Waals surface area contributed by atoms with Crippen LogP contribution < -0.4 is 14.8 Å². The van der Waals surface area contributed by atoms with Crippen molar-refractivity contribution < 1.29 is 37.7 Å². The van der Waals surface area contributed by atoms with Crippen LogP contribution in [-0.2, 0) is 0 Å². The number of ether oxygens (including phenoxy) is 2. The van der Waals surface area contributed by atoms with Gasteiger partial charge in [0.15, 0.2) is 6.61 Å². The van der Waals surface area contributed by atoms with Gasteiger partial charge in [0.2, 0.25) is 0 Å². The van der Waals surface area contributed by atoms with Crippen molar-refractivity contribution in [2.45, 2.75) is 31.9 Å². The number of benzene rings is 1. The minimum atomic E-state index is -4.46. The fraction of sp³-hybridized carbons (Fsp3) is 0.533. The van der Waals surface area contributed by atoms with E-state index in [1.165, 1.54) is 12.1 Å². The van der Waals surface area contributed by atoms with E-state index in [1.54, 1.807) is 0 Å². The first kappa shape index (κ1) is 19.7. The standard InChI is InChI=1S/C15H20F3NO5/c16-15(17,18)10-24-13-8-11(20)7-12(9-13)23-6-4-2-1-3-5-19-14(21)22/h7-9,19-20H,1-6,10H2,(H,21,22). The van der Waals surface area contributed by atoms with Crippen LogP contribution in [0.2, 0.25) is 0 Å². The molecule has 0 heterocycles. The summed E-state index contributed by atoms with van der Waals surface area (Å²) in [6.45, 7) is -0.725. The number of amides is 1. The summed E-state index contributed by atoms with van der Waals surface area (Å²) in [6, 6.07) is 3.65. The Labute approximate surface area is 137 Å². The molecule has 0 saturated heterocycles. The number of alkyl halides is 3. The number of carboxylic acid groups (broad SMARTS) is 1. The molecule has 136 valence electrons. The highest BCUT2D eigenvalue weighted by Crippen LogP contribution is 2.28. The number of halogens is 3. The van der Waals surface area contributed by atoms with Crippen LogP contribution in [0.25, 0.3) is 0 Å². The van der Waals surface area contributed by atoms with Crippen LogP contribution in [0.1, 0.15) is 25.7 Å². The van der Waals surface area contributed by atoms with Gasteiger partial charge in [-0.15, -0.1) is 0 Å². The van der Waals surface area contributed by atoms with Crippen molar-refractivity contribution in [2.24, 2.45) is 0 Å². The Bertz CT molecular complexity index is 522. The lowest BCUT2D eigenvalue weighted by Gasteiger charge is -2.12. The zero-order chi connectivity index (χ0) is 18.0. The maximum atomic E-state index is 12.1. The Morgan fingerprint density at radius 1 is 1.04 bits per heavy atom. The topological polar surface area (TPSA) is 88.0 Å². The minimum Gasteiger partial charge on any atom is -0.508 e. The molecule has 1 amide bonds. The summed E-state index contributed by atoms with van der Waals surface area (Å²) >= 11 is 0. The summed E-state index contributed by atoms with van der Waals surface area (Å²) in [5.74, 6) is -0.147. The summed E-state index contributed by atoms with van der Waals surface area (Å²) in [4.78, 5) is 10.2. The van der Waals surface area contributed by atoms with Gasteiger partial charge in [-0.25, -0.2) is 4.79 Å². The maximum absolute atomic E-state index is 12.1. The Hall–Kier alpha value is -2.32. The fourth-order valence-electron chi connectivity index (χ4n) is 1.85. The summed E-state index contributed by atoms with van der Waals surface area (Å²) in [5, 5.41) is 20.1. The molecule has 0 aliphatic carbocycles. The lowest BCUT2D eigenvalue weighted by atomic mass is 10.2. The number of hydrogen-bond donors (Lipinski definition) is 3. The number of rotatable bonds is 10. The smallest absolute Gasteiger partial charge is 0.422 e. The van der Waals surface area contributed by atoms with Gasteiger partial charge in [-0.05, 0) is 12.8 Å². The third kappa shape index (κ3) is 9.65. The second kappa shape index (κ2) is 9.74. The van der Waals surface area contributed by atoms with E-state index in [9.17, 15) is 23.1 Å². The van der Waals surface area contributed by atoms with Crippen LogP contribution in [0.3, 0.4) is 0 Å². The number of phenols is 1. The fourth-order valence-corrected chi connectivity index (χ4v) is 1.85. The number of unbranched alkanes of at least 4 members (excludes halogenated alkanes) is 3. The van der Waals surface area contributed by atoms with Crippen molar-refractivity contribution in [1.82, 2.24) is 5.32 Å². The van der Waals surface area contributed by atoms with Crippen molar-refractivity contribution in [2.75, 3.05) is 19.8 Å². The first-order chi connectivity index (χ1) is 11.3. The molecule has 0 aliphatic heterocycles. The average molecular weight is 351 g/mol. The molecule has 24 heavy (non-hydrogen) atoms. The molecule has 0 atom stereocenters. The summed E-state index contributed by atoms with van der Waals surface area (Å²) in [7, 11) is 0. The molecule has 0 spiro atoms. The van der Waals surface area contributed by atoms with Crippen LogP contribution in [0.4, 0.5) is 18.0 Å². The Morgan fingerprint density at radius 2 is 1.67 bits per heavy atom. The van der Waals surface area contributed by atoms with Crippen molar-refractivity contribution in [3.63, 3.8) is 0 Å². The number of hydrogen-bond acceptors (Lipinski definition) is 4. The van der Waals surface area contributed by atoms with E-state index in [0.717, 1.165) is 18.9 Å². The largest absolute Gasteiger partial charge is 0.508 e. The normalized spacial score (nSPS) is 11.1. The molecule has 9 heteroatoms. The molecule has 6 nitrogen and oxygen atoms in total. The van der Waals surface area contributed by atoms with Crippen molar-refractivity contribution in [3.8, 4) is 17.2 Å². The van der Waals surface area contributed by atoms with E-state index < -0.39 is 18.9 Å². The van der Waals surface area contributed by atoms with E-state index in [2.05, 4.69) is 10.1 Å². The molecule has 0 saturated carbocycles. The predicted molar refractivity (Wildman–Crippen MR) is 79.6 cm³/mol. The van der Waals surface area contributed by atoms with Crippen LogP contribution in [0.5, 0.6) is 17.2 Å². The summed E-state index contributed by atoms with van der Waals surface area (Å²) < 4.78 is 46.3. The molecular weight excluding hydrogens is 331 g/mol. The van der Waals surface area contributed by atoms with Crippen LogP contribution in [0, 0.1) is 0 Å². The SMILES string of the molecule is O=C(O)NCCCCCCOc1cc(O)cc(OCC(F)(F)F)c1. The van der Waals surface area contributed by atoms with Crippen LogP contribution >= 0.6 is 0 Å². The van der Waals surface area contributed by atoms with E-state index in [-0.39, 0.29) is 17.2 Å². The number of aromatic hydroxyl groups is 1. The lowest BCUT2D eigenvalue weighted by Crippen LogP contribution is -2.21. The molecule has 0 aromatic heterocycles. The van der Waals surface area contributed by atoms with Crippen molar-refractivity contribution in [3.05, 3.63) is 18.2 Å². The first-order valence-corrected chi connectivity index (χ1v) is 7.39. The van der Waals surface area contributed by atoms with Crippen molar-refractivity contribution in [1.29, 1.82) is 0 Å². The lowest BCUT2D eigenvalue weighted by molar-refractivity contribution is -0.153. The monoisotopic (exact) mass is 351 g/mol. The molecule has 1 rings (SSSR count). The van der Waals surface area contributed by atoms with E-state index >= 15 is 0 Å². The third-order valence-corrected chi connectivity index (χ3v) is 2.88. The molecule has 0 bridgehead atoms. The highest BCUT2D eigenvalue weighted by atomic mass is 19.4. The van der Waals surface area contributed by atoms with Crippen molar-refractivity contribution >= 4 is 6.09 Å². The van der Waals surface area contributed by atoms with Gasteiger partial charge in [0.25, 0.3) is 0 Å². The highest BCUT2D eigenvalue weighted by Gasteiger charge is 2.28. The number of phenolic OH excluding ortho intramolecular Hbond substituents is 1. The van der Waals surface area contributed by atoms with Gasteiger partial charge in [-0.3, -0.25) is 0 Å². The molecule has 0 unspecified atom stereocenters. The summed E-state index contributed by atoms with van der Waals surface area (Å²) in [6.07, 6.45) is -2.45. The zero-order valence-electron chi connectivity index (χ0n) is 12.9. The molecule has 0 fully saturated rings. The molecule has 0 aliphatic rings. The quantitative estimate of drug-likeness (QED) is 0.561. The summed E-state index contributed by atoms with van der Waals surface area (Å²) in [5.41, 5.74) is 0. The van der Waals surface area contributed by atoms with Gasteiger partial charge in [0.05, 0.1) is 6.61 Å². The van der Waals surface area contributed by atoms with E-state index in [4.69, 9.17) is 9.84 Å². The Balaban J connectivity index is 2.27. The highest BCUT2D eigenvalue weighted by molar-refractivity contribution is 5.64. The molecule has 3 N–H and O–H groups in total. The van der Waals surface area contributed by atoms with Gasteiger partial charge >= 0.3 is 12.3 Å². The van der Waals surface area contributed by atoms with Crippen LogP contribution in [-0.4, -0.2) is 42.2 Å². The van der Waals surface area contributed by atoms with Gasteiger partial charge in [0, 0.05) is 24.7 Å². The minimum absolute atomic E-state index is 0.123. The molecular formula is C15H20F3NO5.